The van der Waals surface area contributed by atoms with E-state index < -0.39 is 10.0 Å². The summed E-state index contributed by atoms with van der Waals surface area (Å²) in [4.78, 5) is 12.3. The molecule has 1 aliphatic rings. The lowest BCUT2D eigenvalue weighted by Gasteiger charge is -2.31. The van der Waals surface area contributed by atoms with E-state index in [4.69, 9.17) is 4.74 Å². The number of nitrogens with zero attached hydrogens (tertiary/aromatic N) is 1. The number of piperidine rings is 1. The molecule has 1 N–H and O–H groups in total. The van der Waals surface area contributed by atoms with Crippen molar-refractivity contribution >= 4 is 15.9 Å². The first-order chi connectivity index (χ1) is 11.9. The lowest BCUT2D eigenvalue weighted by Crippen LogP contribution is -2.46. The van der Waals surface area contributed by atoms with Crippen LogP contribution in [0.1, 0.15) is 18.4 Å². The average Bonchev–Trinajstić information content (AvgIpc) is 2.61. The topological polar surface area (TPSA) is 75.7 Å². The standard InChI is InChI=1S/C17H25FN2O4S/c1-24-11-12-25(22,23)20-10-4-6-15(13-20)17(21)19-9-8-14-5-2-3-7-16(14)18/h2-3,5,7,15H,4,6,8-13H2,1H3,(H,19,21). The fourth-order valence-electron chi connectivity index (χ4n) is 2.89. The van der Waals surface area contributed by atoms with Crippen LogP contribution in [0, 0.1) is 11.7 Å². The summed E-state index contributed by atoms with van der Waals surface area (Å²) in [5.41, 5.74) is 0.551. The van der Waals surface area contributed by atoms with E-state index >= 15 is 0 Å². The number of carbonyl (C=O) groups is 1. The van der Waals surface area contributed by atoms with Crippen LogP contribution >= 0.6 is 0 Å². The molecular formula is C17H25FN2O4S. The van der Waals surface area contributed by atoms with Crippen LogP contribution in [-0.2, 0) is 26.0 Å². The van der Waals surface area contributed by atoms with Gasteiger partial charge in [-0.3, -0.25) is 4.79 Å². The van der Waals surface area contributed by atoms with Gasteiger partial charge in [0.1, 0.15) is 5.82 Å². The van der Waals surface area contributed by atoms with Crippen molar-refractivity contribution in [3.8, 4) is 0 Å². The molecule has 1 aliphatic heterocycles. The van der Waals surface area contributed by atoms with Gasteiger partial charge in [-0.1, -0.05) is 18.2 Å². The van der Waals surface area contributed by atoms with E-state index in [1.165, 1.54) is 17.5 Å². The number of methoxy groups -OCH3 is 1. The summed E-state index contributed by atoms with van der Waals surface area (Å²) in [7, 11) is -1.95. The number of benzene rings is 1. The van der Waals surface area contributed by atoms with E-state index in [0.717, 1.165) is 0 Å². The highest BCUT2D eigenvalue weighted by Crippen LogP contribution is 2.19. The highest BCUT2D eigenvalue weighted by atomic mass is 32.2. The zero-order chi connectivity index (χ0) is 18.3. The summed E-state index contributed by atoms with van der Waals surface area (Å²) in [5, 5.41) is 2.79. The second-order valence-electron chi connectivity index (χ2n) is 6.14. The van der Waals surface area contributed by atoms with Crippen molar-refractivity contribution < 1.29 is 22.3 Å². The van der Waals surface area contributed by atoms with Gasteiger partial charge in [0.15, 0.2) is 0 Å². The fourth-order valence-corrected chi connectivity index (χ4v) is 4.34. The van der Waals surface area contributed by atoms with Crippen LogP contribution in [0.25, 0.3) is 0 Å². The highest BCUT2D eigenvalue weighted by molar-refractivity contribution is 7.89. The SMILES string of the molecule is COCCS(=O)(=O)N1CCCC(C(=O)NCCc2ccccc2F)C1. The van der Waals surface area contributed by atoms with Crippen LogP contribution in [0.15, 0.2) is 24.3 Å². The molecule has 1 amide bonds. The number of hydrogen-bond acceptors (Lipinski definition) is 4. The van der Waals surface area contributed by atoms with Gasteiger partial charge < -0.3 is 10.1 Å². The molecule has 1 fully saturated rings. The molecule has 2 rings (SSSR count). The second kappa shape index (κ2) is 9.26. The predicted octanol–water partition coefficient (Wildman–Crippen LogP) is 1.17. The Labute approximate surface area is 148 Å². The third-order valence-corrected chi connectivity index (χ3v) is 6.15. The number of rotatable bonds is 8. The molecule has 25 heavy (non-hydrogen) atoms. The van der Waals surface area contributed by atoms with Crippen molar-refractivity contribution in [2.75, 3.05) is 39.1 Å². The summed E-state index contributed by atoms with van der Waals surface area (Å²) in [6.45, 7) is 1.09. The molecule has 6 nitrogen and oxygen atoms in total. The number of nitrogens with one attached hydrogen (secondary N) is 1. The van der Waals surface area contributed by atoms with Crippen LogP contribution in [0.2, 0.25) is 0 Å². The monoisotopic (exact) mass is 372 g/mol. The minimum absolute atomic E-state index is 0.0783. The normalized spacial score (nSPS) is 18.9. The first-order valence-corrected chi connectivity index (χ1v) is 10.0. The molecule has 1 unspecified atom stereocenters. The Morgan fingerprint density at radius 2 is 2.16 bits per heavy atom. The Morgan fingerprint density at radius 3 is 2.88 bits per heavy atom. The van der Waals surface area contributed by atoms with Crippen molar-refractivity contribution in [2.45, 2.75) is 19.3 Å². The molecule has 1 heterocycles. The number of sulfonamides is 1. The minimum atomic E-state index is -3.40. The molecule has 1 aromatic carbocycles. The predicted molar refractivity (Wildman–Crippen MR) is 93.1 cm³/mol. The number of hydrogen-bond donors (Lipinski definition) is 1. The summed E-state index contributed by atoms with van der Waals surface area (Å²) >= 11 is 0. The van der Waals surface area contributed by atoms with Crippen LogP contribution in [0.4, 0.5) is 4.39 Å². The second-order valence-corrected chi connectivity index (χ2v) is 8.23. The van der Waals surface area contributed by atoms with E-state index in [1.807, 2.05) is 0 Å². The van der Waals surface area contributed by atoms with Gasteiger partial charge in [0, 0.05) is 26.7 Å². The summed E-state index contributed by atoms with van der Waals surface area (Å²) in [6.07, 6.45) is 1.71. The Bertz CT molecular complexity index is 681. The van der Waals surface area contributed by atoms with Crippen molar-refractivity contribution in [2.24, 2.45) is 5.92 Å². The van der Waals surface area contributed by atoms with E-state index in [-0.39, 0.29) is 36.5 Å². The van der Waals surface area contributed by atoms with Crippen LogP contribution in [-0.4, -0.2) is 57.7 Å². The van der Waals surface area contributed by atoms with E-state index in [1.54, 1.807) is 18.2 Å². The molecular weight excluding hydrogens is 347 g/mol. The first kappa shape index (κ1) is 19.8. The smallest absolute Gasteiger partial charge is 0.224 e. The van der Waals surface area contributed by atoms with E-state index in [2.05, 4.69) is 5.32 Å². The third-order valence-electron chi connectivity index (χ3n) is 4.35. The third kappa shape index (κ3) is 5.76. The average molecular weight is 372 g/mol. The van der Waals surface area contributed by atoms with Gasteiger partial charge in [-0.2, -0.15) is 0 Å². The van der Waals surface area contributed by atoms with Gasteiger partial charge >= 0.3 is 0 Å². The van der Waals surface area contributed by atoms with Crippen LogP contribution in [0.3, 0.4) is 0 Å². The van der Waals surface area contributed by atoms with Crippen molar-refractivity contribution in [1.29, 1.82) is 0 Å². The molecule has 0 aromatic heterocycles. The molecule has 0 saturated carbocycles. The molecule has 1 atom stereocenters. The maximum Gasteiger partial charge on any atom is 0.224 e. The Balaban J connectivity index is 1.84. The molecule has 8 heteroatoms. The van der Waals surface area contributed by atoms with Crippen LogP contribution < -0.4 is 5.32 Å². The fraction of sp³-hybridized carbons (Fsp3) is 0.588. The molecule has 1 aromatic rings. The van der Waals surface area contributed by atoms with Gasteiger partial charge in [0.2, 0.25) is 15.9 Å². The number of carbonyl (C=O) groups excluding carboxylic acids is 1. The molecule has 0 aliphatic carbocycles. The number of amides is 1. The van der Waals surface area contributed by atoms with Gasteiger partial charge in [-0.15, -0.1) is 0 Å². The maximum atomic E-state index is 13.6. The largest absolute Gasteiger partial charge is 0.384 e. The lowest BCUT2D eigenvalue weighted by atomic mass is 9.99. The van der Waals surface area contributed by atoms with Gasteiger partial charge in [-0.25, -0.2) is 17.1 Å². The van der Waals surface area contributed by atoms with Gasteiger partial charge in [-0.05, 0) is 30.9 Å². The zero-order valence-corrected chi connectivity index (χ0v) is 15.2. The zero-order valence-electron chi connectivity index (χ0n) is 14.4. The summed E-state index contributed by atoms with van der Waals surface area (Å²) in [6, 6.07) is 6.45. The first-order valence-electron chi connectivity index (χ1n) is 8.42. The Hall–Kier alpha value is -1.51. The van der Waals surface area contributed by atoms with Crippen LogP contribution in [0.5, 0.6) is 0 Å². The van der Waals surface area contributed by atoms with Crippen molar-refractivity contribution in [3.05, 3.63) is 35.6 Å². The van der Waals surface area contributed by atoms with Gasteiger partial charge in [0.05, 0.1) is 18.3 Å². The molecule has 0 radical (unpaired) electrons. The summed E-state index contributed by atoms with van der Waals surface area (Å²) in [5.74, 6) is -0.912. The van der Waals surface area contributed by atoms with E-state index in [0.29, 0.717) is 37.9 Å². The van der Waals surface area contributed by atoms with Crippen molar-refractivity contribution in [1.82, 2.24) is 9.62 Å². The molecule has 0 spiro atoms. The summed E-state index contributed by atoms with van der Waals surface area (Å²) < 4.78 is 44.2. The number of halogens is 1. The van der Waals surface area contributed by atoms with Crippen molar-refractivity contribution in [3.63, 3.8) is 0 Å². The number of ether oxygens (including phenoxy) is 1. The Morgan fingerprint density at radius 1 is 1.40 bits per heavy atom. The Kier molecular flexibility index (Phi) is 7.34. The minimum Gasteiger partial charge on any atom is -0.384 e. The molecule has 140 valence electrons. The highest BCUT2D eigenvalue weighted by Gasteiger charge is 2.31. The van der Waals surface area contributed by atoms with Gasteiger partial charge in [0.25, 0.3) is 0 Å². The molecule has 1 saturated heterocycles. The molecule has 0 bridgehead atoms. The maximum absolute atomic E-state index is 13.6. The van der Waals surface area contributed by atoms with E-state index in [9.17, 15) is 17.6 Å². The quantitative estimate of drug-likeness (QED) is 0.743. The lowest BCUT2D eigenvalue weighted by molar-refractivity contribution is -0.126.